The van der Waals surface area contributed by atoms with Gasteiger partial charge in [-0.25, -0.2) is 0 Å². The number of hydrogen-bond donors (Lipinski definition) is 1. The Labute approximate surface area is 227 Å². The van der Waals surface area contributed by atoms with E-state index < -0.39 is 17.7 Å². The van der Waals surface area contributed by atoms with Crippen molar-refractivity contribution in [1.29, 1.82) is 0 Å². The standard InChI is InChI=1S/C30H30ClNO6/c1-5-36-22-14-10-21(11-15-22)32-27(19-7-12-23(13-8-19)38-18(3)4)26(29(34)30(32)35)28(33)20-9-16-24(31)25(17-20)37-6-2/h7-18,27,33H,5-6H2,1-4H3/b28-26-. The number of rotatable bonds is 9. The monoisotopic (exact) mass is 535 g/mol. The largest absolute Gasteiger partial charge is 0.507 e. The minimum Gasteiger partial charge on any atom is -0.507 e. The highest BCUT2D eigenvalue weighted by Gasteiger charge is 2.47. The van der Waals surface area contributed by atoms with Gasteiger partial charge in [-0.05, 0) is 87.9 Å². The zero-order valence-electron chi connectivity index (χ0n) is 21.7. The molecule has 1 aliphatic heterocycles. The van der Waals surface area contributed by atoms with Gasteiger partial charge in [0.05, 0.1) is 36.0 Å². The average molecular weight is 536 g/mol. The van der Waals surface area contributed by atoms with E-state index in [2.05, 4.69) is 0 Å². The lowest BCUT2D eigenvalue weighted by Gasteiger charge is -2.26. The van der Waals surface area contributed by atoms with Crippen LogP contribution in [0.5, 0.6) is 17.2 Å². The van der Waals surface area contributed by atoms with Crippen LogP contribution >= 0.6 is 11.6 Å². The SMILES string of the molecule is CCOc1ccc(N2C(=O)C(=O)/C(=C(\O)c3ccc(Cl)c(OCC)c3)C2c2ccc(OC(C)C)cc2)cc1. The molecule has 0 aliphatic carbocycles. The summed E-state index contributed by atoms with van der Waals surface area (Å²) in [7, 11) is 0. The van der Waals surface area contributed by atoms with Gasteiger partial charge in [-0.15, -0.1) is 0 Å². The molecule has 0 aromatic heterocycles. The highest BCUT2D eigenvalue weighted by Crippen LogP contribution is 2.43. The van der Waals surface area contributed by atoms with Crippen molar-refractivity contribution in [2.75, 3.05) is 18.1 Å². The third kappa shape index (κ3) is 5.48. The molecule has 7 nitrogen and oxygen atoms in total. The quantitative estimate of drug-likeness (QED) is 0.190. The number of halogens is 1. The number of carbonyl (C=O) groups excluding carboxylic acids is 2. The molecule has 1 saturated heterocycles. The maximum absolute atomic E-state index is 13.4. The smallest absolute Gasteiger partial charge is 0.300 e. The molecule has 3 aromatic rings. The minimum absolute atomic E-state index is 0.0141. The summed E-state index contributed by atoms with van der Waals surface area (Å²) in [6, 6.07) is 17.9. The number of aliphatic hydroxyl groups excluding tert-OH is 1. The van der Waals surface area contributed by atoms with Crippen LogP contribution in [0.15, 0.2) is 72.3 Å². The van der Waals surface area contributed by atoms with Crippen molar-refractivity contribution < 1.29 is 28.9 Å². The summed E-state index contributed by atoms with van der Waals surface area (Å²) >= 11 is 6.23. The van der Waals surface area contributed by atoms with Crippen LogP contribution in [0.3, 0.4) is 0 Å². The number of ether oxygens (including phenoxy) is 3. The van der Waals surface area contributed by atoms with Gasteiger partial charge in [0, 0.05) is 11.3 Å². The maximum atomic E-state index is 13.4. The van der Waals surface area contributed by atoms with Gasteiger partial charge in [-0.1, -0.05) is 23.7 Å². The van der Waals surface area contributed by atoms with Crippen molar-refractivity contribution in [3.05, 3.63) is 88.5 Å². The Morgan fingerprint density at radius 1 is 0.921 bits per heavy atom. The van der Waals surface area contributed by atoms with Crippen LogP contribution in [-0.4, -0.2) is 36.1 Å². The maximum Gasteiger partial charge on any atom is 0.300 e. The van der Waals surface area contributed by atoms with Crippen molar-refractivity contribution in [3.8, 4) is 17.2 Å². The summed E-state index contributed by atoms with van der Waals surface area (Å²) in [6.07, 6.45) is -0.0141. The van der Waals surface area contributed by atoms with E-state index in [1.165, 1.54) is 4.90 Å². The first-order chi connectivity index (χ1) is 18.2. The van der Waals surface area contributed by atoms with Gasteiger partial charge in [0.25, 0.3) is 11.7 Å². The summed E-state index contributed by atoms with van der Waals surface area (Å²) in [5, 5.41) is 11.8. The normalized spacial score (nSPS) is 16.7. The number of ketones is 1. The molecule has 1 N–H and O–H groups in total. The molecule has 0 radical (unpaired) electrons. The van der Waals surface area contributed by atoms with Gasteiger partial charge in [0.2, 0.25) is 0 Å². The molecule has 3 aromatic carbocycles. The molecule has 4 rings (SSSR count). The highest BCUT2D eigenvalue weighted by molar-refractivity contribution is 6.51. The second-order valence-corrected chi connectivity index (χ2v) is 9.32. The van der Waals surface area contributed by atoms with Crippen molar-refractivity contribution in [2.24, 2.45) is 0 Å². The molecule has 198 valence electrons. The van der Waals surface area contributed by atoms with E-state index >= 15 is 0 Å². The molecule has 0 saturated carbocycles. The first kappa shape index (κ1) is 27.1. The lowest BCUT2D eigenvalue weighted by Crippen LogP contribution is -2.29. The number of benzene rings is 3. The van der Waals surface area contributed by atoms with Gasteiger partial charge in [0.1, 0.15) is 23.0 Å². The van der Waals surface area contributed by atoms with Gasteiger partial charge in [0.15, 0.2) is 0 Å². The number of aliphatic hydroxyl groups is 1. The van der Waals surface area contributed by atoms with Crippen molar-refractivity contribution in [2.45, 2.75) is 39.8 Å². The fraction of sp³-hybridized carbons (Fsp3) is 0.267. The molecule has 1 atom stereocenters. The topological polar surface area (TPSA) is 85.3 Å². The predicted octanol–water partition coefficient (Wildman–Crippen LogP) is 6.55. The lowest BCUT2D eigenvalue weighted by molar-refractivity contribution is -0.132. The van der Waals surface area contributed by atoms with Crippen LogP contribution < -0.4 is 19.1 Å². The molecule has 1 aliphatic rings. The summed E-state index contributed by atoms with van der Waals surface area (Å²) in [4.78, 5) is 28.2. The lowest BCUT2D eigenvalue weighted by atomic mass is 9.95. The van der Waals surface area contributed by atoms with Crippen molar-refractivity contribution in [3.63, 3.8) is 0 Å². The zero-order chi connectivity index (χ0) is 27.4. The molecule has 38 heavy (non-hydrogen) atoms. The number of nitrogens with zero attached hydrogens (tertiary/aromatic N) is 1. The Bertz CT molecular complexity index is 1350. The first-order valence-corrected chi connectivity index (χ1v) is 12.9. The minimum atomic E-state index is -0.882. The Morgan fingerprint density at radius 2 is 1.55 bits per heavy atom. The number of Topliss-reactive ketones (excluding diaryl/α,β-unsaturated/α-hetero) is 1. The fourth-order valence-electron chi connectivity index (χ4n) is 4.36. The van der Waals surface area contributed by atoms with E-state index in [4.69, 9.17) is 25.8 Å². The average Bonchev–Trinajstić information content (AvgIpc) is 3.16. The van der Waals surface area contributed by atoms with Crippen LogP contribution in [0, 0.1) is 0 Å². The van der Waals surface area contributed by atoms with Gasteiger partial charge in [-0.3, -0.25) is 14.5 Å². The predicted molar refractivity (Wildman–Crippen MR) is 147 cm³/mol. The van der Waals surface area contributed by atoms with Crippen LogP contribution in [-0.2, 0) is 9.59 Å². The number of anilines is 1. The first-order valence-electron chi connectivity index (χ1n) is 12.5. The van der Waals surface area contributed by atoms with E-state index in [0.717, 1.165) is 0 Å². The van der Waals surface area contributed by atoms with Crippen LogP contribution in [0.4, 0.5) is 5.69 Å². The molecular weight excluding hydrogens is 506 g/mol. The van der Waals surface area contributed by atoms with E-state index in [1.807, 2.05) is 27.7 Å². The number of amides is 1. The van der Waals surface area contributed by atoms with Crippen LogP contribution in [0.1, 0.15) is 44.9 Å². The van der Waals surface area contributed by atoms with Crippen molar-refractivity contribution >= 4 is 34.7 Å². The van der Waals surface area contributed by atoms with E-state index in [1.54, 1.807) is 66.7 Å². The van der Waals surface area contributed by atoms with Crippen molar-refractivity contribution in [1.82, 2.24) is 0 Å². The van der Waals surface area contributed by atoms with Gasteiger partial charge in [-0.2, -0.15) is 0 Å². The van der Waals surface area contributed by atoms with E-state index in [0.29, 0.717) is 52.3 Å². The summed E-state index contributed by atoms with van der Waals surface area (Å²) in [6.45, 7) is 8.43. The van der Waals surface area contributed by atoms with Gasteiger partial charge >= 0.3 is 0 Å². The van der Waals surface area contributed by atoms with Gasteiger partial charge < -0.3 is 19.3 Å². The fourth-order valence-corrected chi connectivity index (χ4v) is 4.53. The molecule has 8 heteroatoms. The summed E-state index contributed by atoms with van der Waals surface area (Å²) < 4.78 is 16.9. The molecular formula is C30H30ClNO6. The zero-order valence-corrected chi connectivity index (χ0v) is 22.5. The van der Waals surface area contributed by atoms with E-state index in [-0.39, 0.29) is 17.4 Å². The Kier molecular flexibility index (Phi) is 8.27. The second kappa shape index (κ2) is 11.6. The third-order valence-corrected chi connectivity index (χ3v) is 6.25. The Hall–Kier alpha value is -3.97. The number of carbonyl (C=O) groups is 2. The van der Waals surface area contributed by atoms with Crippen LogP contribution in [0.2, 0.25) is 5.02 Å². The van der Waals surface area contributed by atoms with Crippen LogP contribution in [0.25, 0.3) is 5.76 Å². The molecule has 0 bridgehead atoms. The highest BCUT2D eigenvalue weighted by atomic mass is 35.5. The Morgan fingerprint density at radius 3 is 2.16 bits per heavy atom. The molecule has 1 fully saturated rings. The molecule has 1 unspecified atom stereocenters. The molecule has 1 heterocycles. The molecule has 0 spiro atoms. The Balaban J connectivity index is 1.86. The summed E-state index contributed by atoms with van der Waals surface area (Å²) in [5.41, 5.74) is 1.40. The number of hydrogen-bond acceptors (Lipinski definition) is 6. The third-order valence-electron chi connectivity index (χ3n) is 5.94. The second-order valence-electron chi connectivity index (χ2n) is 8.91. The molecule has 1 amide bonds. The van der Waals surface area contributed by atoms with E-state index in [9.17, 15) is 14.7 Å². The summed E-state index contributed by atoms with van der Waals surface area (Å²) in [5.74, 6) is -0.198.